The number of carboxylic acids is 3. The van der Waals surface area contributed by atoms with Crippen LogP contribution in [0.2, 0.25) is 0 Å². The van der Waals surface area contributed by atoms with Crippen LogP contribution >= 0.6 is 11.8 Å². The van der Waals surface area contributed by atoms with Gasteiger partial charge in [-0.15, -0.1) is 0 Å². The summed E-state index contributed by atoms with van der Waals surface area (Å²) in [7, 11) is 0. The van der Waals surface area contributed by atoms with Crippen LogP contribution in [-0.2, 0) is 14.4 Å². The maximum Gasteiger partial charge on any atom is 0.320 e. The van der Waals surface area contributed by atoms with Crippen LogP contribution in [0, 0.1) is 0 Å². The monoisotopic (exact) mass is 385 g/mol. The van der Waals surface area contributed by atoms with E-state index in [2.05, 4.69) is 11.1 Å². The molecular weight excluding hydrogens is 354 g/mol. The zero-order valence-corrected chi connectivity index (χ0v) is 15.5. The Bertz CT molecular complexity index is 359. The van der Waals surface area contributed by atoms with Crippen LogP contribution in [0.3, 0.4) is 0 Å². The lowest BCUT2D eigenvalue weighted by atomic mass is 10.2. The van der Waals surface area contributed by atoms with Crippen LogP contribution < -0.4 is 16.8 Å². The molecular formula is C14H31N3O7S. The highest BCUT2D eigenvalue weighted by Crippen LogP contribution is 1.97. The van der Waals surface area contributed by atoms with E-state index in [0.29, 0.717) is 13.0 Å². The molecule has 150 valence electrons. The summed E-state index contributed by atoms with van der Waals surface area (Å²) in [5.74, 6) is -1.96. The third-order valence-electron chi connectivity index (χ3n) is 2.48. The van der Waals surface area contributed by atoms with Gasteiger partial charge in [-0.3, -0.25) is 14.4 Å². The summed E-state index contributed by atoms with van der Waals surface area (Å²) in [5.41, 5.74) is 9.76. The molecule has 0 aromatic rings. The first kappa shape index (κ1) is 28.4. The molecule has 10 nitrogen and oxygen atoms in total. The number of nitrogens with two attached hydrogens (primary N) is 2. The maximum atomic E-state index is 10.4. The summed E-state index contributed by atoms with van der Waals surface area (Å²) < 4.78 is 0. The summed E-state index contributed by atoms with van der Waals surface area (Å²) >= 11 is 1.60. The average molecular weight is 385 g/mol. The SMILES string of the molecule is CCCNC(CCO)C(=O)O.CSCCC(N)C(=O)O.NCC(=O)O. The van der Waals surface area contributed by atoms with Crippen LogP contribution in [0.5, 0.6) is 0 Å². The number of carbonyl (C=O) groups is 3. The molecule has 0 saturated heterocycles. The normalized spacial score (nSPS) is 11.9. The molecule has 0 radical (unpaired) electrons. The van der Waals surface area contributed by atoms with Gasteiger partial charge in [0.05, 0.1) is 6.54 Å². The molecule has 25 heavy (non-hydrogen) atoms. The molecule has 0 amide bonds. The van der Waals surface area contributed by atoms with Crippen molar-refractivity contribution in [2.75, 3.05) is 31.7 Å². The summed E-state index contributed by atoms with van der Waals surface area (Å²) in [6.07, 6.45) is 3.65. The number of carboxylic acid groups (broad SMARTS) is 3. The Hall–Kier alpha value is -1.40. The van der Waals surface area contributed by atoms with Gasteiger partial charge in [-0.2, -0.15) is 11.8 Å². The van der Waals surface area contributed by atoms with Crippen molar-refractivity contribution >= 4 is 29.7 Å². The molecule has 0 fully saturated rings. The predicted molar refractivity (Wildman–Crippen MR) is 96.7 cm³/mol. The predicted octanol–water partition coefficient (Wildman–Crippen LogP) is -0.997. The fraction of sp³-hybridized carbons (Fsp3) is 0.786. The Kier molecular flexibility index (Phi) is 23.5. The lowest BCUT2D eigenvalue weighted by Crippen LogP contribution is -2.37. The molecule has 0 bridgehead atoms. The molecule has 0 aromatic carbocycles. The van der Waals surface area contributed by atoms with Gasteiger partial charge < -0.3 is 37.2 Å². The van der Waals surface area contributed by atoms with Gasteiger partial charge in [-0.25, -0.2) is 0 Å². The number of aliphatic hydroxyl groups excluding tert-OH is 1. The Morgan fingerprint density at radius 3 is 1.92 bits per heavy atom. The van der Waals surface area contributed by atoms with Crippen LogP contribution in [0.15, 0.2) is 0 Å². The number of aliphatic hydroxyl groups is 1. The number of nitrogens with one attached hydrogen (secondary N) is 1. The van der Waals surface area contributed by atoms with E-state index in [1.165, 1.54) is 0 Å². The number of rotatable bonds is 11. The summed E-state index contributed by atoms with van der Waals surface area (Å²) in [4.78, 5) is 29.7. The van der Waals surface area contributed by atoms with Gasteiger partial charge >= 0.3 is 17.9 Å². The second-order valence-corrected chi connectivity index (χ2v) is 5.67. The van der Waals surface area contributed by atoms with E-state index >= 15 is 0 Å². The van der Waals surface area contributed by atoms with E-state index in [9.17, 15) is 14.4 Å². The zero-order valence-electron chi connectivity index (χ0n) is 14.7. The van der Waals surface area contributed by atoms with Gasteiger partial charge in [-0.05, 0) is 37.8 Å². The Morgan fingerprint density at radius 2 is 1.64 bits per heavy atom. The molecule has 0 rings (SSSR count). The summed E-state index contributed by atoms with van der Waals surface area (Å²) in [6, 6.07) is -1.28. The number of hydrogen-bond donors (Lipinski definition) is 7. The molecule has 0 aliphatic rings. The van der Waals surface area contributed by atoms with Gasteiger partial charge in [0.15, 0.2) is 0 Å². The lowest BCUT2D eigenvalue weighted by molar-refractivity contribution is -0.140. The van der Waals surface area contributed by atoms with Crippen molar-refractivity contribution in [2.45, 2.75) is 38.3 Å². The third-order valence-corrected chi connectivity index (χ3v) is 3.13. The first-order valence-electron chi connectivity index (χ1n) is 7.63. The zero-order chi connectivity index (χ0) is 20.3. The highest BCUT2D eigenvalue weighted by atomic mass is 32.2. The van der Waals surface area contributed by atoms with E-state index < -0.39 is 30.0 Å². The minimum Gasteiger partial charge on any atom is -0.480 e. The minimum atomic E-state index is -0.968. The van der Waals surface area contributed by atoms with Crippen molar-refractivity contribution in [3.05, 3.63) is 0 Å². The van der Waals surface area contributed by atoms with E-state index in [0.717, 1.165) is 12.2 Å². The number of aliphatic carboxylic acids is 3. The van der Waals surface area contributed by atoms with Crippen LogP contribution in [0.25, 0.3) is 0 Å². The van der Waals surface area contributed by atoms with Crippen molar-refractivity contribution in [1.29, 1.82) is 0 Å². The van der Waals surface area contributed by atoms with Crippen molar-refractivity contribution in [3.63, 3.8) is 0 Å². The van der Waals surface area contributed by atoms with Gasteiger partial charge in [-0.1, -0.05) is 6.92 Å². The fourth-order valence-electron chi connectivity index (χ4n) is 1.13. The van der Waals surface area contributed by atoms with Gasteiger partial charge in [0.2, 0.25) is 0 Å². The average Bonchev–Trinajstić information content (AvgIpc) is 2.57. The molecule has 0 aliphatic carbocycles. The Balaban J connectivity index is -0.000000311. The molecule has 0 heterocycles. The molecule has 0 saturated carbocycles. The minimum absolute atomic E-state index is 0.0896. The van der Waals surface area contributed by atoms with E-state index in [-0.39, 0.29) is 19.6 Å². The molecule has 11 heteroatoms. The fourth-order valence-corrected chi connectivity index (χ4v) is 1.62. The van der Waals surface area contributed by atoms with Gasteiger partial charge in [0.25, 0.3) is 0 Å². The number of thioether (sulfide) groups is 1. The molecule has 0 spiro atoms. The first-order chi connectivity index (χ1) is 11.7. The topological polar surface area (TPSA) is 196 Å². The molecule has 0 aliphatic heterocycles. The lowest BCUT2D eigenvalue weighted by Gasteiger charge is -2.11. The highest BCUT2D eigenvalue weighted by Gasteiger charge is 2.14. The van der Waals surface area contributed by atoms with Crippen molar-refractivity contribution in [2.24, 2.45) is 11.5 Å². The molecule has 9 N–H and O–H groups in total. The second-order valence-electron chi connectivity index (χ2n) is 4.68. The molecule has 2 unspecified atom stereocenters. The van der Waals surface area contributed by atoms with Gasteiger partial charge in [0, 0.05) is 6.61 Å². The van der Waals surface area contributed by atoms with Crippen molar-refractivity contribution in [1.82, 2.24) is 5.32 Å². The second kappa shape index (κ2) is 20.6. The third kappa shape index (κ3) is 25.0. The van der Waals surface area contributed by atoms with Crippen LogP contribution in [-0.4, -0.2) is 82.1 Å². The summed E-state index contributed by atoms with van der Waals surface area (Å²) in [6.45, 7) is 2.27. The Labute approximate surface area is 152 Å². The maximum absolute atomic E-state index is 10.4. The Morgan fingerprint density at radius 1 is 1.12 bits per heavy atom. The molecule has 0 aromatic heterocycles. The van der Waals surface area contributed by atoms with Crippen LogP contribution in [0.4, 0.5) is 0 Å². The highest BCUT2D eigenvalue weighted by molar-refractivity contribution is 7.98. The van der Waals surface area contributed by atoms with E-state index in [1.54, 1.807) is 11.8 Å². The van der Waals surface area contributed by atoms with Crippen molar-refractivity contribution in [3.8, 4) is 0 Å². The van der Waals surface area contributed by atoms with E-state index in [1.807, 2.05) is 13.2 Å². The number of hydrogen-bond acceptors (Lipinski definition) is 8. The first-order valence-corrected chi connectivity index (χ1v) is 9.03. The standard InChI is InChI=1S/C7H15NO3.C5H11NO2S.C2H5NO2/c1-2-4-8-6(3-5-9)7(10)11;1-9-3-2-4(6)5(7)8;3-1-2(4)5/h6,8-9H,2-5H2,1H3,(H,10,11);4H,2-3,6H2,1H3,(H,7,8);1,3H2,(H,4,5). The quantitative estimate of drug-likeness (QED) is 0.230. The smallest absolute Gasteiger partial charge is 0.320 e. The largest absolute Gasteiger partial charge is 0.480 e. The van der Waals surface area contributed by atoms with E-state index in [4.69, 9.17) is 26.2 Å². The van der Waals surface area contributed by atoms with Crippen molar-refractivity contribution < 1.29 is 34.8 Å². The molecule has 2 atom stereocenters. The van der Waals surface area contributed by atoms with Crippen LogP contribution in [0.1, 0.15) is 26.2 Å². The summed E-state index contributed by atoms with van der Waals surface area (Å²) in [5, 5.41) is 35.7. The van der Waals surface area contributed by atoms with Gasteiger partial charge in [0.1, 0.15) is 12.1 Å².